The van der Waals surface area contributed by atoms with Gasteiger partial charge in [0.15, 0.2) is 5.03 Å². The summed E-state index contributed by atoms with van der Waals surface area (Å²) < 4.78 is 34.2. The zero-order valence-corrected chi connectivity index (χ0v) is 17.9. The summed E-state index contributed by atoms with van der Waals surface area (Å²) >= 11 is 0. The van der Waals surface area contributed by atoms with Gasteiger partial charge in [0.2, 0.25) is 5.91 Å². The SMILES string of the molecule is COc1cccc(CNC(=O)C2CCCN(S(=O)(=O)c3cn(C(C)C)cn3)C2)c1. The molecule has 0 bridgehead atoms. The maximum atomic E-state index is 12.9. The molecule has 1 fully saturated rings. The van der Waals surface area contributed by atoms with Crippen molar-refractivity contribution in [2.45, 2.75) is 44.3 Å². The minimum Gasteiger partial charge on any atom is -0.497 e. The number of nitrogens with one attached hydrogen (secondary N) is 1. The zero-order chi connectivity index (χ0) is 21.0. The molecule has 0 spiro atoms. The lowest BCUT2D eigenvalue weighted by atomic mass is 9.99. The summed E-state index contributed by atoms with van der Waals surface area (Å²) in [6.07, 6.45) is 4.38. The molecule has 1 aromatic heterocycles. The average Bonchev–Trinajstić information content (AvgIpc) is 3.24. The van der Waals surface area contributed by atoms with Gasteiger partial charge in [0.1, 0.15) is 5.75 Å². The van der Waals surface area contributed by atoms with Gasteiger partial charge in [-0.3, -0.25) is 4.79 Å². The third-order valence-electron chi connectivity index (χ3n) is 5.13. The van der Waals surface area contributed by atoms with Crippen molar-refractivity contribution >= 4 is 15.9 Å². The van der Waals surface area contributed by atoms with Crippen LogP contribution in [0.2, 0.25) is 0 Å². The summed E-state index contributed by atoms with van der Waals surface area (Å²) in [4.78, 5) is 16.7. The summed E-state index contributed by atoms with van der Waals surface area (Å²) in [6.45, 7) is 4.86. The van der Waals surface area contributed by atoms with Crippen LogP contribution >= 0.6 is 0 Å². The molecule has 1 amide bonds. The van der Waals surface area contributed by atoms with Crippen molar-refractivity contribution in [1.29, 1.82) is 0 Å². The van der Waals surface area contributed by atoms with Crippen molar-refractivity contribution in [1.82, 2.24) is 19.2 Å². The number of carbonyl (C=O) groups is 1. The number of amides is 1. The molecule has 0 aliphatic carbocycles. The smallest absolute Gasteiger partial charge is 0.262 e. The molecule has 1 aliphatic heterocycles. The molecule has 0 radical (unpaired) electrons. The van der Waals surface area contributed by atoms with Crippen molar-refractivity contribution in [2.75, 3.05) is 20.2 Å². The van der Waals surface area contributed by atoms with E-state index in [9.17, 15) is 13.2 Å². The lowest BCUT2D eigenvalue weighted by Gasteiger charge is -2.30. The highest BCUT2D eigenvalue weighted by atomic mass is 32.2. The van der Waals surface area contributed by atoms with Crippen LogP contribution in [0.3, 0.4) is 0 Å². The van der Waals surface area contributed by atoms with Crippen molar-refractivity contribution in [3.63, 3.8) is 0 Å². The summed E-state index contributed by atoms with van der Waals surface area (Å²) in [5, 5.41) is 2.95. The highest BCUT2D eigenvalue weighted by Gasteiger charge is 2.34. The molecule has 2 aromatic rings. The Bertz CT molecular complexity index is 955. The summed E-state index contributed by atoms with van der Waals surface area (Å²) in [5.41, 5.74) is 0.928. The van der Waals surface area contributed by atoms with E-state index in [0.717, 1.165) is 11.3 Å². The van der Waals surface area contributed by atoms with E-state index in [1.807, 2.05) is 38.1 Å². The van der Waals surface area contributed by atoms with E-state index in [4.69, 9.17) is 4.74 Å². The van der Waals surface area contributed by atoms with E-state index in [2.05, 4.69) is 10.3 Å². The molecular formula is C20H28N4O4S. The number of methoxy groups -OCH3 is 1. The number of benzene rings is 1. The second-order valence-corrected chi connectivity index (χ2v) is 9.41. The van der Waals surface area contributed by atoms with Crippen LogP contribution in [0.5, 0.6) is 5.75 Å². The third-order valence-corrected chi connectivity index (χ3v) is 6.88. The first-order chi connectivity index (χ1) is 13.8. The van der Waals surface area contributed by atoms with Crippen molar-refractivity contribution in [3.8, 4) is 5.75 Å². The van der Waals surface area contributed by atoms with Crippen LogP contribution in [0, 0.1) is 5.92 Å². The second-order valence-electron chi connectivity index (χ2n) is 7.52. The van der Waals surface area contributed by atoms with Gasteiger partial charge < -0.3 is 14.6 Å². The van der Waals surface area contributed by atoms with Gasteiger partial charge in [-0.25, -0.2) is 13.4 Å². The van der Waals surface area contributed by atoms with Crippen LogP contribution in [0.1, 0.15) is 38.3 Å². The highest BCUT2D eigenvalue weighted by Crippen LogP contribution is 2.24. The molecule has 1 aliphatic rings. The lowest BCUT2D eigenvalue weighted by molar-refractivity contribution is -0.126. The number of hydrogen-bond acceptors (Lipinski definition) is 5. The van der Waals surface area contributed by atoms with Gasteiger partial charge in [-0.2, -0.15) is 4.31 Å². The number of nitrogens with zero attached hydrogens (tertiary/aromatic N) is 3. The van der Waals surface area contributed by atoms with E-state index in [1.165, 1.54) is 10.6 Å². The molecule has 2 heterocycles. The van der Waals surface area contributed by atoms with Crippen LogP contribution in [0.15, 0.2) is 41.8 Å². The number of ether oxygens (including phenoxy) is 1. The first-order valence-corrected chi connectivity index (χ1v) is 11.2. The van der Waals surface area contributed by atoms with Gasteiger partial charge in [-0.1, -0.05) is 12.1 Å². The molecule has 158 valence electrons. The summed E-state index contributed by atoms with van der Waals surface area (Å²) in [7, 11) is -2.12. The molecule has 9 heteroatoms. The number of piperidine rings is 1. The maximum Gasteiger partial charge on any atom is 0.262 e. The minimum atomic E-state index is -3.71. The molecule has 1 N–H and O–H groups in total. The fraction of sp³-hybridized carbons (Fsp3) is 0.500. The van der Waals surface area contributed by atoms with Gasteiger partial charge in [-0.05, 0) is 44.4 Å². The standard InChI is InChI=1S/C20H28N4O4S/c1-15(2)23-13-19(22-14-23)29(26,27)24-9-5-7-17(12-24)20(25)21-11-16-6-4-8-18(10-16)28-3/h4,6,8,10,13-15,17H,5,7,9,11-12H2,1-3H3,(H,21,25). The summed E-state index contributed by atoms with van der Waals surface area (Å²) in [6, 6.07) is 7.61. The quantitative estimate of drug-likeness (QED) is 0.741. The molecule has 3 rings (SSSR count). The Balaban J connectivity index is 1.63. The molecule has 1 atom stereocenters. The largest absolute Gasteiger partial charge is 0.497 e. The maximum absolute atomic E-state index is 12.9. The van der Waals surface area contributed by atoms with Crippen LogP contribution in [-0.2, 0) is 21.4 Å². The molecule has 1 aromatic carbocycles. The van der Waals surface area contributed by atoms with Crippen LogP contribution < -0.4 is 10.1 Å². The second kappa shape index (κ2) is 8.96. The Morgan fingerprint density at radius 2 is 2.17 bits per heavy atom. The number of sulfonamides is 1. The van der Waals surface area contributed by atoms with Gasteiger partial charge in [-0.15, -0.1) is 0 Å². The normalized spacial score (nSPS) is 18.0. The Hall–Kier alpha value is -2.39. The number of rotatable bonds is 7. The first kappa shape index (κ1) is 21.3. The average molecular weight is 421 g/mol. The van der Waals surface area contributed by atoms with Crippen molar-refractivity contribution in [3.05, 3.63) is 42.4 Å². The zero-order valence-electron chi connectivity index (χ0n) is 17.0. The molecular weight excluding hydrogens is 392 g/mol. The van der Waals surface area contributed by atoms with E-state index < -0.39 is 10.0 Å². The Labute approximate surface area is 171 Å². The first-order valence-electron chi connectivity index (χ1n) is 9.75. The predicted octanol–water partition coefficient (Wildman–Crippen LogP) is 2.19. The number of hydrogen-bond donors (Lipinski definition) is 1. The topological polar surface area (TPSA) is 93.5 Å². The van der Waals surface area contributed by atoms with E-state index in [1.54, 1.807) is 17.9 Å². The predicted molar refractivity (Wildman–Crippen MR) is 109 cm³/mol. The molecule has 29 heavy (non-hydrogen) atoms. The Morgan fingerprint density at radius 3 is 2.86 bits per heavy atom. The fourth-order valence-electron chi connectivity index (χ4n) is 3.36. The van der Waals surface area contributed by atoms with Crippen LogP contribution in [-0.4, -0.2) is 48.4 Å². The van der Waals surface area contributed by atoms with E-state index in [0.29, 0.717) is 25.9 Å². The number of imidazole rings is 1. The number of carbonyl (C=O) groups excluding carboxylic acids is 1. The molecule has 8 nitrogen and oxygen atoms in total. The van der Waals surface area contributed by atoms with Gasteiger partial charge in [0.05, 0.1) is 19.4 Å². The highest BCUT2D eigenvalue weighted by molar-refractivity contribution is 7.89. The van der Waals surface area contributed by atoms with Gasteiger partial charge in [0.25, 0.3) is 10.0 Å². The minimum absolute atomic E-state index is 0.0311. The van der Waals surface area contributed by atoms with Gasteiger partial charge >= 0.3 is 0 Å². The number of aromatic nitrogens is 2. The Kier molecular flexibility index (Phi) is 6.59. The van der Waals surface area contributed by atoms with E-state index in [-0.39, 0.29) is 29.4 Å². The third kappa shape index (κ3) is 4.97. The molecule has 0 saturated carbocycles. The molecule has 1 unspecified atom stereocenters. The summed E-state index contributed by atoms with van der Waals surface area (Å²) in [5.74, 6) is 0.212. The lowest BCUT2D eigenvalue weighted by Crippen LogP contribution is -2.45. The Morgan fingerprint density at radius 1 is 1.38 bits per heavy atom. The monoisotopic (exact) mass is 420 g/mol. The van der Waals surface area contributed by atoms with Gasteiger partial charge in [0, 0.05) is 31.9 Å². The fourth-order valence-corrected chi connectivity index (χ4v) is 4.80. The van der Waals surface area contributed by atoms with Crippen LogP contribution in [0.4, 0.5) is 0 Å². The van der Waals surface area contributed by atoms with Crippen molar-refractivity contribution in [2.24, 2.45) is 5.92 Å². The van der Waals surface area contributed by atoms with Crippen molar-refractivity contribution < 1.29 is 17.9 Å². The van der Waals surface area contributed by atoms with E-state index >= 15 is 0 Å². The molecule has 1 saturated heterocycles. The van der Waals surface area contributed by atoms with Crippen LogP contribution in [0.25, 0.3) is 0 Å².